The van der Waals surface area contributed by atoms with Crippen molar-refractivity contribution in [3.63, 3.8) is 0 Å². The van der Waals surface area contributed by atoms with Crippen LogP contribution in [0.3, 0.4) is 0 Å². The number of Topliss-reactive ketones (excluding diaryl/α,β-unsaturated/α-hetero) is 1. The van der Waals surface area contributed by atoms with Gasteiger partial charge in [0, 0.05) is 0 Å². The smallest absolute Gasteiger partial charge is 0.338 e. The van der Waals surface area contributed by atoms with Crippen LogP contribution in [0, 0.1) is 34.1 Å². The molecule has 0 radical (unpaired) electrons. The third-order valence-corrected chi connectivity index (χ3v) is 8.51. The highest BCUT2D eigenvalue weighted by molar-refractivity contribution is 5.96. The van der Waals surface area contributed by atoms with E-state index in [0.717, 1.165) is 48.5 Å². The lowest BCUT2D eigenvalue weighted by Crippen LogP contribution is -2.56. The Morgan fingerprint density at radius 2 is 0.647 bits per heavy atom. The molecule has 0 amide bonds. The Hall–Kier alpha value is -5.85. The maximum Gasteiger partial charge on any atom is 0.338 e. The molecule has 4 aromatic carbocycles. The molecule has 1 aliphatic carbocycles. The summed E-state index contributed by atoms with van der Waals surface area (Å²) < 4.78 is 76.1. The number of carbonyl (C=O) groups excluding carboxylic acids is 5. The molecular formula is C38H30F4O9. The summed E-state index contributed by atoms with van der Waals surface area (Å²) in [7, 11) is 0. The van der Waals surface area contributed by atoms with E-state index in [-0.39, 0.29) is 41.5 Å². The Kier molecular flexibility index (Phi) is 11.3. The van der Waals surface area contributed by atoms with Crippen LogP contribution in [0.5, 0.6) is 0 Å². The summed E-state index contributed by atoms with van der Waals surface area (Å²) in [5, 5.41) is 0. The molecule has 1 aliphatic rings. The molecule has 0 aromatic heterocycles. The van der Waals surface area contributed by atoms with Gasteiger partial charge in [-0.1, -0.05) is 6.42 Å². The Bertz CT molecular complexity index is 1630. The second-order valence-electron chi connectivity index (χ2n) is 12.1. The van der Waals surface area contributed by atoms with Gasteiger partial charge in [-0.3, -0.25) is 4.79 Å². The molecule has 4 aromatic rings. The highest BCUT2D eigenvalue weighted by Crippen LogP contribution is 2.45. The Morgan fingerprint density at radius 3 is 0.863 bits per heavy atom. The molecule has 0 saturated heterocycles. The van der Waals surface area contributed by atoms with Gasteiger partial charge in [-0.2, -0.15) is 0 Å². The zero-order valence-corrected chi connectivity index (χ0v) is 26.9. The Labute approximate surface area is 289 Å². The minimum Gasteiger partial charge on any atom is -0.461 e. The van der Waals surface area contributed by atoms with Gasteiger partial charge in [0.2, 0.25) is 0 Å². The van der Waals surface area contributed by atoms with E-state index in [4.69, 9.17) is 18.9 Å². The number of halogens is 4. The fourth-order valence-electron chi connectivity index (χ4n) is 5.68. The predicted molar refractivity (Wildman–Crippen MR) is 170 cm³/mol. The van der Waals surface area contributed by atoms with Gasteiger partial charge in [-0.15, -0.1) is 0 Å². The quantitative estimate of drug-likeness (QED) is 0.0901. The summed E-state index contributed by atoms with van der Waals surface area (Å²) >= 11 is 0. The van der Waals surface area contributed by atoms with E-state index in [0.29, 0.717) is 0 Å². The van der Waals surface area contributed by atoms with Gasteiger partial charge >= 0.3 is 23.9 Å². The van der Waals surface area contributed by atoms with E-state index in [2.05, 4.69) is 0 Å². The van der Waals surface area contributed by atoms with Crippen molar-refractivity contribution in [2.45, 2.75) is 19.3 Å². The van der Waals surface area contributed by atoms with Crippen LogP contribution in [-0.4, -0.2) is 56.1 Å². The molecule has 0 heterocycles. The molecule has 0 bridgehead atoms. The number of rotatable bonds is 12. The molecule has 264 valence electrons. The second-order valence-corrected chi connectivity index (χ2v) is 12.1. The van der Waals surface area contributed by atoms with Crippen molar-refractivity contribution < 1.29 is 60.5 Å². The molecule has 0 N–H and O–H groups in total. The molecule has 5 rings (SSSR count). The van der Waals surface area contributed by atoms with Crippen molar-refractivity contribution in [1.82, 2.24) is 0 Å². The summed E-state index contributed by atoms with van der Waals surface area (Å²) in [6.07, 6.45) is 0.188. The average molecular weight is 707 g/mol. The first-order valence-electron chi connectivity index (χ1n) is 15.7. The van der Waals surface area contributed by atoms with Crippen molar-refractivity contribution in [3.8, 4) is 0 Å². The van der Waals surface area contributed by atoms with Crippen LogP contribution in [0.4, 0.5) is 17.6 Å². The Morgan fingerprint density at radius 1 is 0.431 bits per heavy atom. The molecule has 0 spiro atoms. The summed E-state index contributed by atoms with van der Waals surface area (Å²) in [6, 6.07) is 17.7. The van der Waals surface area contributed by atoms with E-state index in [1.165, 1.54) is 48.5 Å². The Balaban J connectivity index is 1.46. The van der Waals surface area contributed by atoms with Crippen molar-refractivity contribution >= 4 is 29.7 Å². The highest BCUT2D eigenvalue weighted by atomic mass is 19.1. The van der Waals surface area contributed by atoms with E-state index in [1.807, 2.05) is 0 Å². The summed E-state index contributed by atoms with van der Waals surface area (Å²) in [5.74, 6) is -6.84. The molecule has 1 fully saturated rings. The minimum absolute atomic E-state index is 0.00119. The van der Waals surface area contributed by atoms with E-state index < -0.39 is 90.2 Å². The summed E-state index contributed by atoms with van der Waals surface area (Å²) in [6.45, 7) is -2.62. The molecule has 13 heteroatoms. The van der Waals surface area contributed by atoms with Crippen LogP contribution in [0.2, 0.25) is 0 Å². The number of ether oxygens (including phenoxy) is 4. The van der Waals surface area contributed by atoms with Gasteiger partial charge < -0.3 is 18.9 Å². The number of carbonyl (C=O) groups is 5. The van der Waals surface area contributed by atoms with Crippen LogP contribution in [-0.2, 0) is 23.7 Å². The van der Waals surface area contributed by atoms with Crippen LogP contribution in [0.25, 0.3) is 0 Å². The first-order chi connectivity index (χ1) is 24.4. The minimum atomic E-state index is -1.78. The van der Waals surface area contributed by atoms with Crippen molar-refractivity contribution in [1.29, 1.82) is 0 Å². The summed E-state index contributed by atoms with van der Waals surface area (Å²) in [4.78, 5) is 66.8. The zero-order chi connectivity index (χ0) is 36.6. The van der Waals surface area contributed by atoms with Crippen molar-refractivity contribution in [3.05, 3.63) is 143 Å². The van der Waals surface area contributed by atoms with Crippen LogP contribution >= 0.6 is 0 Å². The third-order valence-electron chi connectivity index (χ3n) is 8.51. The zero-order valence-electron chi connectivity index (χ0n) is 26.9. The van der Waals surface area contributed by atoms with Gasteiger partial charge in [0.05, 0.1) is 33.1 Å². The molecule has 0 atom stereocenters. The molecule has 51 heavy (non-hydrogen) atoms. The van der Waals surface area contributed by atoms with E-state index >= 15 is 0 Å². The predicted octanol–water partition coefficient (Wildman–Crippen LogP) is 6.70. The number of benzene rings is 4. The molecule has 9 nitrogen and oxygen atoms in total. The molecule has 0 aliphatic heterocycles. The first kappa shape index (κ1) is 36.4. The highest BCUT2D eigenvalue weighted by Gasteiger charge is 2.56. The average Bonchev–Trinajstić information content (AvgIpc) is 3.13. The molecule has 1 saturated carbocycles. The lowest BCUT2D eigenvalue weighted by atomic mass is 9.61. The van der Waals surface area contributed by atoms with Gasteiger partial charge in [0.25, 0.3) is 0 Å². The number of ketones is 1. The number of hydrogen-bond donors (Lipinski definition) is 0. The maximum atomic E-state index is 14.8. The van der Waals surface area contributed by atoms with Crippen LogP contribution < -0.4 is 0 Å². The lowest BCUT2D eigenvalue weighted by Gasteiger charge is -2.44. The van der Waals surface area contributed by atoms with E-state index in [1.54, 1.807) is 0 Å². The van der Waals surface area contributed by atoms with Gasteiger partial charge in [-0.05, 0) is 110 Å². The fourth-order valence-corrected chi connectivity index (χ4v) is 5.68. The van der Waals surface area contributed by atoms with Gasteiger partial charge in [0.1, 0.15) is 49.7 Å². The van der Waals surface area contributed by atoms with Gasteiger partial charge in [0.15, 0.2) is 5.78 Å². The van der Waals surface area contributed by atoms with Crippen LogP contribution in [0.1, 0.15) is 60.7 Å². The van der Waals surface area contributed by atoms with Gasteiger partial charge in [-0.25, -0.2) is 36.7 Å². The molecular weight excluding hydrogens is 676 g/mol. The van der Waals surface area contributed by atoms with E-state index in [9.17, 15) is 41.5 Å². The maximum absolute atomic E-state index is 14.8. The number of hydrogen-bond acceptors (Lipinski definition) is 9. The third kappa shape index (κ3) is 8.85. The van der Waals surface area contributed by atoms with Crippen LogP contribution in [0.15, 0.2) is 97.1 Å². The molecule has 0 unspecified atom stereocenters. The lowest BCUT2D eigenvalue weighted by molar-refractivity contribution is -0.157. The second kappa shape index (κ2) is 15.8. The first-order valence-corrected chi connectivity index (χ1v) is 15.7. The SMILES string of the molecule is O=C(OCC1(COC(=O)c2ccc(F)cc2)CCCC(COC(=O)c2ccc(F)cc2)(COC(=O)c2ccc(F)cc2)C1=O)c1ccc(F)cc1. The topological polar surface area (TPSA) is 122 Å². The van der Waals surface area contributed by atoms with Crippen molar-refractivity contribution in [2.24, 2.45) is 10.8 Å². The largest absolute Gasteiger partial charge is 0.461 e. The number of esters is 4. The standard InChI is InChI=1S/C38H30F4O9/c39-28-10-2-24(3-11-28)32(43)48-20-37(21-49-33(44)25-4-12-29(40)13-5-25)18-1-19-38(36(37)47,22-50-34(45)26-6-14-30(41)15-7-26)23-51-35(46)27-8-16-31(42)17-9-27/h2-17H,1,18-23H2. The normalized spacial score (nSPS) is 14.6. The summed E-state index contributed by atoms with van der Waals surface area (Å²) in [5.41, 5.74) is -3.71. The fraction of sp³-hybridized carbons (Fsp3) is 0.237. The monoisotopic (exact) mass is 706 g/mol. The van der Waals surface area contributed by atoms with Crippen molar-refractivity contribution in [2.75, 3.05) is 26.4 Å².